The first-order valence-electron chi connectivity index (χ1n) is 8.86. The number of hydrogen-bond donors (Lipinski definition) is 0. The Morgan fingerprint density at radius 1 is 1.21 bits per heavy atom. The van der Waals surface area contributed by atoms with E-state index < -0.39 is 0 Å². The molecule has 28 heavy (non-hydrogen) atoms. The number of aryl methyl sites for hydroxylation is 1. The average Bonchev–Trinajstić information content (AvgIpc) is 2.99. The second-order valence-corrected chi connectivity index (χ2v) is 7.69. The van der Waals surface area contributed by atoms with Crippen molar-refractivity contribution in [1.82, 2.24) is 0 Å². The van der Waals surface area contributed by atoms with Crippen molar-refractivity contribution < 1.29 is 14.3 Å². The number of hydrogen-bond acceptors (Lipinski definition) is 5. The van der Waals surface area contributed by atoms with E-state index in [1.165, 1.54) is 11.8 Å². The van der Waals surface area contributed by atoms with Crippen LogP contribution < -0.4 is 14.4 Å². The summed E-state index contributed by atoms with van der Waals surface area (Å²) in [6, 6.07) is 13.4. The average molecular weight is 412 g/mol. The molecule has 0 saturated carbocycles. The van der Waals surface area contributed by atoms with Gasteiger partial charge in [0.1, 0.15) is 6.61 Å². The minimum Gasteiger partial charge on any atom is -0.493 e. The van der Waals surface area contributed by atoms with E-state index >= 15 is 0 Å². The summed E-state index contributed by atoms with van der Waals surface area (Å²) in [6.45, 7) is 6.10. The van der Waals surface area contributed by atoms with Crippen molar-refractivity contribution in [2.75, 3.05) is 18.6 Å². The Labute approximate surface area is 174 Å². The smallest absolute Gasteiger partial charge is 0.270 e. The molecule has 4 nitrogen and oxygen atoms in total. The van der Waals surface area contributed by atoms with Crippen molar-refractivity contribution >= 4 is 46.0 Å². The van der Waals surface area contributed by atoms with Crippen LogP contribution in [0.2, 0.25) is 0 Å². The molecule has 0 bridgehead atoms. The van der Waals surface area contributed by atoms with Gasteiger partial charge in [0.15, 0.2) is 15.8 Å². The lowest BCUT2D eigenvalue weighted by molar-refractivity contribution is -0.113. The minimum absolute atomic E-state index is 0.109. The van der Waals surface area contributed by atoms with Crippen molar-refractivity contribution in [3.05, 3.63) is 71.2 Å². The van der Waals surface area contributed by atoms with Crippen LogP contribution in [0.1, 0.15) is 18.1 Å². The lowest BCUT2D eigenvalue weighted by atomic mass is 10.1. The fourth-order valence-electron chi connectivity index (χ4n) is 2.90. The molecule has 1 aliphatic rings. The summed E-state index contributed by atoms with van der Waals surface area (Å²) in [7, 11) is 1.58. The van der Waals surface area contributed by atoms with Gasteiger partial charge in [0.2, 0.25) is 0 Å². The fraction of sp³-hybridized carbons (Fsp3) is 0.182. The number of anilines is 1. The number of carbonyl (C=O) groups excluding carboxylic acids is 1. The van der Waals surface area contributed by atoms with Gasteiger partial charge in [0, 0.05) is 0 Å². The first kappa shape index (κ1) is 20.2. The quantitative estimate of drug-likeness (QED) is 0.354. The number of thioether (sulfide) groups is 1. The predicted octanol–water partition coefficient (Wildman–Crippen LogP) is 5.23. The van der Waals surface area contributed by atoms with E-state index in [2.05, 4.69) is 13.5 Å². The second-order valence-electron chi connectivity index (χ2n) is 6.01. The van der Waals surface area contributed by atoms with Crippen molar-refractivity contribution in [2.24, 2.45) is 0 Å². The zero-order valence-electron chi connectivity index (χ0n) is 15.8. The third kappa shape index (κ3) is 4.13. The zero-order valence-corrected chi connectivity index (χ0v) is 17.4. The Morgan fingerprint density at radius 2 is 2.00 bits per heavy atom. The molecule has 1 fully saturated rings. The summed E-state index contributed by atoms with van der Waals surface area (Å²) in [4.78, 5) is 15.2. The molecule has 0 N–H and O–H groups in total. The molecule has 1 amide bonds. The molecule has 0 aromatic heterocycles. The van der Waals surface area contributed by atoms with Crippen LogP contribution in [0, 0.1) is 0 Å². The summed E-state index contributed by atoms with van der Waals surface area (Å²) in [5.41, 5.74) is 2.78. The normalized spacial score (nSPS) is 15.2. The standard InChI is InChI=1S/C22H21NO3S2/c1-4-12-26-18-11-10-15(13-19(18)25-3)14-20-21(24)23(22(27)28-20)17-9-7-6-8-16(17)5-2/h4,6-11,13-14H,1,5,12H2,2-3H3/b20-14-. The van der Waals surface area contributed by atoms with Crippen molar-refractivity contribution in [2.45, 2.75) is 13.3 Å². The number of nitrogens with zero attached hydrogens (tertiary/aromatic N) is 1. The third-order valence-electron chi connectivity index (χ3n) is 4.25. The zero-order chi connectivity index (χ0) is 20.1. The van der Waals surface area contributed by atoms with Gasteiger partial charge in [-0.25, -0.2) is 0 Å². The molecule has 0 atom stereocenters. The highest BCUT2D eigenvalue weighted by Crippen LogP contribution is 2.38. The largest absolute Gasteiger partial charge is 0.493 e. The van der Waals surface area contributed by atoms with Gasteiger partial charge in [-0.2, -0.15) is 0 Å². The van der Waals surface area contributed by atoms with Crippen LogP contribution in [0.5, 0.6) is 11.5 Å². The van der Waals surface area contributed by atoms with Gasteiger partial charge in [-0.15, -0.1) is 0 Å². The maximum Gasteiger partial charge on any atom is 0.270 e. The van der Waals surface area contributed by atoms with Gasteiger partial charge in [-0.1, -0.05) is 67.8 Å². The Bertz CT molecular complexity index is 953. The van der Waals surface area contributed by atoms with Gasteiger partial charge in [0.05, 0.1) is 17.7 Å². The number of benzene rings is 2. The molecule has 1 aliphatic heterocycles. The van der Waals surface area contributed by atoms with E-state index in [0.29, 0.717) is 27.3 Å². The number of carbonyl (C=O) groups is 1. The molecular formula is C22H21NO3S2. The SMILES string of the molecule is C=CCOc1ccc(/C=C2\SC(=S)N(c3ccccc3CC)C2=O)cc1OC. The van der Waals surface area contributed by atoms with E-state index in [1.54, 1.807) is 18.1 Å². The van der Waals surface area contributed by atoms with E-state index in [1.807, 2.05) is 48.5 Å². The summed E-state index contributed by atoms with van der Waals surface area (Å²) >= 11 is 6.80. The van der Waals surface area contributed by atoms with Crippen molar-refractivity contribution in [3.8, 4) is 11.5 Å². The summed E-state index contributed by atoms with van der Waals surface area (Å²) in [5, 5.41) is 0. The van der Waals surface area contributed by atoms with Crippen LogP contribution in [0.3, 0.4) is 0 Å². The Balaban J connectivity index is 1.90. The molecule has 2 aromatic carbocycles. The number of ether oxygens (including phenoxy) is 2. The molecule has 3 rings (SSSR count). The number of amides is 1. The minimum atomic E-state index is -0.109. The second kappa shape index (κ2) is 9.08. The number of para-hydroxylation sites is 1. The van der Waals surface area contributed by atoms with E-state index in [0.717, 1.165) is 23.2 Å². The van der Waals surface area contributed by atoms with Gasteiger partial charge in [-0.05, 0) is 41.8 Å². The molecular weight excluding hydrogens is 390 g/mol. The van der Waals surface area contributed by atoms with Crippen LogP contribution in [-0.4, -0.2) is 23.9 Å². The molecule has 0 spiro atoms. The van der Waals surface area contributed by atoms with Crippen LogP contribution in [0.4, 0.5) is 5.69 Å². The Kier molecular flexibility index (Phi) is 6.54. The lowest BCUT2D eigenvalue weighted by Crippen LogP contribution is -2.28. The molecule has 2 aromatic rings. The predicted molar refractivity (Wildman–Crippen MR) is 120 cm³/mol. The van der Waals surface area contributed by atoms with Crippen LogP contribution in [0.25, 0.3) is 6.08 Å². The fourth-order valence-corrected chi connectivity index (χ4v) is 4.18. The van der Waals surface area contributed by atoms with E-state index in [-0.39, 0.29) is 5.91 Å². The highest BCUT2D eigenvalue weighted by Gasteiger charge is 2.34. The maximum absolute atomic E-state index is 13.0. The molecule has 1 heterocycles. The number of methoxy groups -OCH3 is 1. The van der Waals surface area contributed by atoms with Crippen LogP contribution >= 0.6 is 24.0 Å². The molecule has 144 valence electrons. The van der Waals surface area contributed by atoms with Gasteiger partial charge >= 0.3 is 0 Å². The lowest BCUT2D eigenvalue weighted by Gasteiger charge is -2.18. The monoisotopic (exact) mass is 411 g/mol. The van der Waals surface area contributed by atoms with Gasteiger partial charge in [-0.3, -0.25) is 9.69 Å². The highest BCUT2D eigenvalue weighted by atomic mass is 32.2. The third-order valence-corrected chi connectivity index (χ3v) is 5.55. The van der Waals surface area contributed by atoms with Crippen molar-refractivity contribution in [3.63, 3.8) is 0 Å². The molecule has 0 unspecified atom stereocenters. The highest BCUT2D eigenvalue weighted by molar-refractivity contribution is 8.27. The summed E-state index contributed by atoms with van der Waals surface area (Å²) in [6.07, 6.45) is 4.33. The molecule has 6 heteroatoms. The number of thiocarbonyl (C=S) groups is 1. The Morgan fingerprint density at radius 3 is 2.71 bits per heavy atom. The summed E-state index contributed by atoms with van der Waals surface area (Å²) < 4.78 is 11.5. The van der Waals surface area contributed by atoms with Crippen LogP contribution in [-0.2, 0) is 11.2 Å². The van der Waals surface area contributed by atoms with Crippen molar-refractivity contribution in [1.29, 1.82) is 0 Å². The molecule has 0 radical (unpaired) electrons. The topological polar surface area (TPSA) is 38.8 Å². The number of rotatable bonds is 7. The molecule has 0 aliphatic carbocycles. The molecule has 1 saturated heterocycles. The van der Waals surface area contributed by atoms with Crippen LogP contribution in [0.15, 0.2) is 60.0 Å². The Hall–Kier alpha value is -2.57. The van der Waals surface area contributed by atoms with E-state index in [4.69, 9.17) is 21.7 Å². The van der Waals surface area contributed by atoms with Gasteiger partial charge in [0.25, 0.3) is 5.91 Å². The first-order valence-corrected chi connectivity index (χ1v) is 10.1. The van der Waals surface area contributed by atoms with E-state index in [9.17, 15) is 4.79 Å². The first-order chi connectivity index (χ1) is 13.6. The maximum atomic E-state index is 13.0. The summed E-state index contributed by atoms with van der Waals surface area (Å²) in [5.74, 6) is 1.12. The van der Waals surface area contributed by atoms with Gasteiger partial charge < -0.3 is 9.47 Å².